The van der Waals surface area contributed by atoms with Crippen LogP contribution < -0.4 is 9.47 Å². The quantitative estimate of drug-likeness (QED) is 0.843. The van der Waals surface area contributed by atoms with Gasteiger partial charge in [-0.2, -0.15) is 0 Å². The maximum atomic E-state index is 12.2. The fourth-order valence-corrected chi connectivity index (χ4v) is 1.66. The SMILES string of the molecule is COc1cc(OC)cc(C(=O)c2ccc(C(=O)O)o2)c1. The minimum atomic E-state index is -1.23. The van der Waals surface area contributed by atoms with E-state index in [0.717, 1.165) is 0 Å². The Labute approximate surface area is 114 Å². The summed E-state index contributed by atoms with van der Waals surface area (Å²) in [5.41, 5.74) is 0.285. The van der Waals surface area contributed by atoms with Crippen molar-refractivity contribution in [1.29, 1.82) is 0 Å². The number of ketones is 1. The fourth-order valence-electron chi connectivity index (χ4n) is 1.66. The van der Waals surface area contributed by atoms with Crippen molar-refractivity contribution in [2.75, 3.05) is 14.2 Å². The predicted molar refractivity (Wildman–Crippen MR) is 68.6 cm³/mol. The first-order chi connectivity index (χ1) is 9.55. The normalized spacial score (nSPS) is 10.1. The lowest BCUT2D eigenvalue weighted by molar-refractivity contribution is 0.0660. The maximum Gasteiger partial charge on any atom is 0.371 e. The molecule has 0 radical (unpaired) electrons. The van der Waals surface area contributed by atoms with Gasteiger partial charge in [0.2, 0.25) is 11.5 Å². The van der Waals surface area contributed by atoms with E-state index in [2.05, 4.69) is 0 Å². The number of carboxylic acid groups (broad SMARTS) is 1. The van der Waals surface area contributed by atoms with Crippen LogP contribution in [-0.4, -0.2) is 31.1 Å². The topological polar surface area (TPSA) is 86.0 Å². The average Bonchev–Trinajstić information content (AvgIpc) is 2.95. The van der Waals surface area contributed by atoms with Gasteiger partial charge in [0.1, 0.15) is 11.5 Å². The molecule has 1 heterocycles. The maximum absolute atomic E-state index is 12.2. The summed E-state index contributed by atoms with van der Waals surface area (Å²) in [6.45, 7) is 0. The van der Waals surface area contributed by atoms with Crippen molar-refractivity contribution >= 4 is 11.8 Å². The number of carboxylic acids is 1. The number of aromatic carboxylic acids is 1. The molecule has 6 nitrogen and oxygen atoms in total. The standard InChI is InChI=1S/C14H12O6/c1-18-9-5-8(6-10(7-9)19-2)13(15)11-3-4-12(20-11)14(16)17/h3-7H,1-2H3,(H,16,17). The highest BCUT2D eigenvalue weighted by Crippen LogP contribution is 2.24. The molecule has 0 amide bonds. The fraction of sp³-hybridized carbons (Fsp3) is 0.143. The largest absolute Gasteiger partial charge is 0.497 e. The Kier molecular flexibility index (Phi) is 3.74. The summed E-state index contributed by atoms with van der Waals surface area (Å²) in [7, 11) is 2.94. The molecule has 1 N–H and O–H groups in total. The summed E-state index contributed by atoms with van der Waals surface area (Å²) in [5, 5.41) is 8.77. The van der Waals surface area contributed by atoms with Gasteiger partial charge >= 0.3 is 5.97 Å². The Morgan fingerprint density at radius 1 is 1.00 bits per heavy atom. The number of furan rings is 1. The summed E-state index contributed by atoms with van der Waals surface area (Å²) in [4.78, 5) is 22.9. The van der Waals surface area contributed by atoms with Gasteiger partial charge in [0.05, 0.1) is 14.2 Å². The van der Waals surface area contributed by atoms with Gasteiger partial charge in [-0.3, -0.25) is 4.79 Å². The third-order valence-electron chi connectivity index (χ3n) is 2.65. The minimum Gasteiger partial charge on any atom is -0.497 e. The lowest BCUT2D eigenvalue weighted by Crippen LogP contribution is -2.01. The molecule has 0 unspecified atom stereocenters. The molecule has 1 aromatic heterocycles. The smallest absolute Gasteiger partial charge is 0.371 e. The van der Waals surface area contributed by atoms with Crippen molar-refractivity contribution in [2.45, 2.75) is 0 Å². The van der Waals surface area contributed by atoms with Crippen LogP contribution >= 0.6 is 0 Å². The van der Waals surface area contributed by atoms with Crippen molar-refractivity contribution < 1.29 is 28.6 Å². The van der Waals surface area contributed by atoms with Gasteiger partial charge in [0.15, 0.2) is 5.76 Å². The molecule has 2 rings (SSSR count). The molecule has 0 spiro atoms. The lowest BCUT2D eigenvalue weighted by Gasteiger charge is -2.06. The first kappa shape index (κ1) is 13.7. The van der Waals surface area contributed by atoms with Crippen LogP contribution in [0.3, 0.4) is 0 Å². The molecule has 104 valence electrons. The van der Waals surface area contributed by atoms with E-state index in [-0.39, 0.29) is 17.1 Å². The van der Waals surface area contributed by atoms with Crippen LogP contribution in [0, 0.1) is 0 Å². The van der Waals surface area contributed by atoms with Crippen molar-refractivity contribution in [1.82, 2.24) is 0 Å². The Hall–Kier alpha value is -2.76. The van der Waals surface area contributed by atoms with E-state index in [1.54, 1.807) is 6.07 Å². The molecule has 0 fully saturated rings. The van der Waals surface area contributed by atoms with Crippen molar-refractivity contribution in [2.24, 2.45) is 0 Å². The number of carbonyl (C=O) groups is 2. The number of methoxy groups -OCH3 is 2. The molecule has 0 aliphatic carbocycles. The van der Waals surface area contributed by atoms with Gasteiger partial charge in [-0.05, 0) is 24.3 Å². The Balaban J connectivity index is 2.38. The third-order valence-corrected chi connectivity index (χ3v) is 2.65. The van der Waals surface area contributed by atoms with Crippen LogP contribution in [0.2, 0.25) is 0 Å². The predicted octanol–water partition coefficient (Wildman–Crippen LogP) is 2.23. The van der Waals surface area contributed by atoms with E-state index in [1.807, 2.05) is 0 Å². The molecule has 0 aliphatic rings. The van der Waals surface area contributed by atoms with E-state index in [0.29, 0.717) is 11.5 Å². The number of rotatable bonds is 5. The number of benzene rings is 1. The second-order valence-corrected chi connectivity index (χ2v) is 3.90. The van der Waals surface area contributed by atoms with Crippen LogP contribution in [0.1, 0.15) is 26.7 Å². The molecule has 0 bridgehead atoms. The molecular formula is C14H12O6. The van der Waals surface area contributed by atoms with Crippen molar-refractivity contribution in [3.63, 3.8) is 0 Å². The van der Waals surface area contributed by atoms with E-state index >= 15 is 0 Å². The molecule has 0 saturated carbocycles. The van der Waals surface area contributed by atoms with Crippen LogP contribution in [0.5, 0.6) is 11.5 Å². The Bertz CT molecular complexity index is 633. The molecule has 2 aromatic rings. The van der Waals surface area contributed by atoms with E-state index in [4.69, 9.17) is 19.0 Å². The summed E-state index contributed by atoms with van der Waals surface area (Å²) in [6, 6.07) is 7.22. The zero-order valence-electron chi connectivity index (χ0n) is 10.9. The van der Waals surface area contributed by atoms with Crippen molar-refractivity contribution in [3.8, 4) is 11.5 Å². The summed E-state index contributed by atoms with van der Waals surface area (Å²) in [6.07, 6.45) is 0. The molecule has 20 heavy (non-hydrogen) atoms. The lowest BCUT2D eigenvalue weighted by atomic mass is 10.1. The van der Waals surface area contributed by atoms with E-state index in [9.17, 15) is 9.59 Å². The molecule has 0 saturated heterocycles. The molecule has 1 aromatic carbocycles. The number of carbonyl (C=O) groups excluding carboxylic acids is 1. The molecule has 0 aliphatic heterocycles. The van der Waals surface area contributed by atoms with Gasteiger partial charge in [-0.1, -0.05) is 0 Å². The molecule has 0 atom stereocenters. The van der Waals surface area contributed by atoms with Crippen LogP contribution in [-0.2, 0) is 0 Å². The van der Waals surface area contributed by atoms with Crippen LogP contribution in [0.15, 0.2) is 34.7 Å². The first-order valence-electron chi connectivity index (χ1n) is 5.66. The zero-order chi connectivity index (χ0) is 14.7. The van der Waals surface area contributed by atoms with Crippen LogP contribution in [0.25, 0.3) is 0 Å². The highest BCUT2D eigenvalue weighted by Gasteiger charge is 2.18. The number of ether oxygens (including phenoxy) is 2. The zero-order valence-corrected chi connectivity index (χ0v) is 10.9. The second kappa shape index (κ2) is 5.48. The second-order valence-electron chi connectivity index (χ2n) is 3.90. The van der Waals surface area contributed by atoms with Gasteiger partial charge in [0, 0.05) is 11.6 Å². The summed E-state index contributed by atoms with van der Waals surface area (Å²) >= 11 is 0. The van der Waals surface area contributed by atoms with E-state index in [1.165, 1.54) is 38.5 Å². The van der Waals surface area contributed by atoms with Gasteiger partial charge < -0.3 is 19.0 Å². The highest BCUT2D eigenvalue weighted by atomic mass is 16.5. The van der Waals surface area contributed by atoms with Gasteiger partial charge in [-0.25, -0.2) is 4.79 Å². The van der Waals surface area contributed by atoms with Gasteiger partial charge in [-0.15, -0.1) is 0 Å². The van der Waals surface area contributed by atoms with Gasteiger partial charge in [0.25, 0.3) is 0 Å². The summed E-state index contributed by atoms with van der Waals surface area (Å²) in [5.74, 6) is -1.11. The molecule has 6 heteroatoms. The highest BCUT2D eigenvalue weighted by molar-refractivity contribution is 6.08. The van der Waals surface area contributed by atoms with Crippen molar-refractivity contribution in [3.05, 3.63) is 47.4 Å². The monoisotopic (exact) mass is 276 g/mol. The van der Waals surface area contributed by atoms with Crippen LogP contribution in [0.4, 0.5) is 0 Å². The third kappa shape index (κ3) is 2.64. The first-order valence-corrected chi connectivity index (χ1v) is 5.66. The molecular weight excluding hydrogens is 264 g/mol. The van der Waals surface area contributed by atoms with E-state index < -0.39 is 11.8 Å². The average molecular weight is 276 g/mol. The number of hydrogen-bond donors (Lipinski definition) is 1. The Morgan fingerprint density at radius 2 is 1.55 bits per heavy atom. The number of hydrogen-bond acceptors (Lipinski definition) is 5. The Morgan fingerprint density at radius 3 is 2.00 bits per heavy atom. The minimum absolute atomic E-state index is 0.0577. The summed E-state index contributed by atoms with van der Waals surface area (Å²) < 4.78 is 15.1.